The number of carbonyl (C=O) groups is 1. The molecule has 0 fully saturated rings. The third kappa shape index (κ3) is 10.1. The summed E-state index contributed by atoms with van der Waals surface area (Å²) in [5.74, 6) is 1.66. The molecule has 216 valence electrons. The number of aryl methyl sites for hydroxylation is 1. The second-order valence-corrected chi connectivity index (χ2v) is 11.9. The van der Waals surface area contributed by atoms with Gasteiger partial charge in [-0.2, -0.15) is 4.98 Å². The number of ether oxygens (including phenoxy) is 1. The van der Waals surface area contributed by atoms with Gasteiger partial charge < -0.3 is 26.0 Å². The largest absolute Gasteiger partial charge is 0.494 e. The number of likely N-dealkylation sites (N-methyl/N-ethyl adjacent to an activating group) is 1. The van der Waals surface area contributed by atoms with Crippen molar-refractivity contribution in [2.75, 3.05) is 36.9 Å². The van der Waals surface area contributed by atoms with E-state index in [4.69, 9.17) is 4.74 Å². The minimum Gasteiger partial charge on any atom is -0.494 e. The van der Waals surface area contributed by atoms with Gasteiger partial charge in [0.25, 0.3) is 0 Å². The number of sulfonamides is 1. The number of nitrogens with zero attached hydrogens (tertiary/aromatic N) is 2. The van der Waals surface area contributed by atoms with Crippen molar-refractivity contribution in [1.82, 2.24) is 25.3 Å². The maximum absolute atomic E-state index is 12.7. The van der Waals surface area contributed by atoms with Crippen LogP contribution in [-0.2, 0) is 14.8 Å². The Labute approximate surface area is 236 Å². The maximum Gasteiger partial charge on any atom is 0.241 e. The molecule has 0 atom stereocenters. The van der Waals surface area contributed by atoms with Crippen molar-refractivity contribution in [1.29, 1.82) is 0 Å². The molecule has 0 spiro atoms. The van der Waals surface area contributed by atoms with Crippen molar-refractivity contribution in [3.8, 4) is 5.75 Å². The summed E-state index contributed by atoms with van der Waals surface area (Å²) in [5.41, 5.74) is 1.58. The molecule has 11 nitrogen and oxygen atoms in total. The Morgan fingerprint density at radius 2 is 1.77 bits per heavy atom. The Bertz CT molecular complexity index is 1370. The molecule has 0 aliphatic heterocycles. The molecule has 2 aromatic carbocycles. The van der Waals surface area contributed by atoms with Crippen molar-refractivity contribution in [3.05, 3.63) is 60.3 Å². The number of rotatable bonds is 14. The average molecular weight is 570 g/mol. The molecule has 0 radical (unpaired) electrons. The van der Waals surface area contributed by atoms with Crippen molar-refractivity contribution < 1.29 is 17.9 Å². The van der Waals surface area contributed by atoms with Crippen LogP contribution in [0.25, 0.3) is 0 Å². The van der Waals surface area contributed by atoms with E-state index in [1.165, 1.54) is 0 Å². The minimum atomic E-state index is -3.67. The summed E-state index contributed by atoms with van der Waals surface area (Å²) in [4.78, 5) is 20.5. The average Bonchev–Trinajstić information content (AvgIpc) is 2.88. The van der Waals surface area contributed by atoms with Crippen LogP contribution in [0.1, 0.15) is 39.7 Å². The fourth-order valence-electron chi connectivity index (χ4n) is 3.58. The molecule has 40 heavy (non-hydrogen) atoms. The van der Waals surface area contributed by atoms with Crippen LogP contribution in [0.3, 0.4) is 0 Å². The highest BCUT2D eigenvalue weighted by atomic mass is 32.2. The van der Waals surface area contributed by atoms with E-state index >= 15 is 0 Å². The number of hydrogen-bond donors (Lipinski definition) is 5. The number of nitrogens with one attached hydrogen (secondary N) is 5. The van der Waals surface area contributed by atoms with Crippen LogP contribution >= 0.6 is 0 Å². The van der Waals surface area contributed by atoms with Gasteiger partial charge in [-0.15, -0.1) is 0 Å². The predicted octanol–water partition coefficient (Wildman–Crippen LogP) is 3.84. The van der Waals surface area contributed by atoms with Crippen LogP contribution in [0.2, 0.25) is 0 Å². The zero-order chi connectivity index (χ0) is 29.2. The molecule has 0 aliphatic carbocycles. The normalized spacial score (nSPS) is 11.6. The van der Waals surface area contributed by atoms with Crippen molar-refractivity contribution in [2.24, 2.45) is 0 Å². The smallest absolute Gasteiger partial charge is 0.241 e. The maximum atomic E-state index is 12.7. The van der Waals surface area contributed by atoms with E-state index < -0.39 is 15.6 Å². The van der Waals surface area contributed by atoms with E-state index in [0.29, 0.717) is 43.7 Å². The van der Waals surface area contributed by atoms with Gasteiger partial charge in [0.2, 0.25) is 21.9 Å². The lowest BCUT2D eigenvalue weighted by Crippen LogP contribution is -2.40. The molecule has 0 unspecified atom stereocenters. The number of aromatic nitrogens is 2. The van der Waals surface area contributed by atoms with Gasteiger partial charge in [-0.1, -0.05) is 6.07 Å². The summed E-state index contributed by atoms with van der Waals surface area (Å²) in [5, 5.41) is 12.2. The van der Waals surface area contributed by atoms with Crippen LogP contribution < -0.4 is 30.7 Å². The highest BCUT2D eigenvalue weighted by molar-refractivity contribution is 7.89. The lowest BCUT2D eigenvalue weighted by molar-refractivity contribution is -0.120. The van der Waals surface area contributed by atoms with E-state index in [-0.39, 0.29) is 10.8 Å². The molecule has 3 rings (SSSR count). The second-order valence-electron chi connectivity index (χ2n) is 10.2. The standard InChI is InChI=1S/C28H39N7O4S/c1-6-30-25(36)19-29-15-8-16-39-23-13-11-21(12-14-23)33-27-31-18-20(2)26(34-27)32-22-9-7-10-24(17-22)40(37,38)35-28(3,4)5/h7,9-14,17-18,29,35H,6,8,15-16,19H2,1-5H3,(H,30,36)(H2,31,32,33,34). The first kappa shape index (κ1) is 30.8. The first-order valence-electron chi connectivity index (χ1n) is 13.2. The number of benzene rings is 2. The molecule has 0 bridgehead atoms. The van der Waals surface area contributed by atoms with Crippen molar-refractivity contribution >= 4 is 39.1 Å². The van der Waals surface area contributed by atoms with Gasteiger partial charge in [-0.05, 0) is 90.0 Å². The van der Waals surface area contributed by atoms with E-state index in [1.807, 2.05) is 38.1 Å². The van der Waals surface area contributed by atoms with E-state index in [0.717, 1.165) is 23.4 Å². The van der Waals surface area contributed by atoms with Gasteiger partial charge in [0.05, 0.1) is 18.0 Å². The van der Waals surface area contributed by atoms with Crippen LogP contribution in [0.5, 0.6) is 5.75 Å². The summed E-state index contributed by atoms with van der Waals surface area (Å²) < 4.78 is 33.9. The van der Waals surface area contributed by atoms with Crippen LogP contribution in [-0.4, -0.2) is 56.1 Å². The summed E-state index contributed by atoms with van der Waals surface area (Å²) in [6, 6.07) is 14.0. The topological polar surface area (TPSA) is 146 Å². The number of amides is 1. The second kappa shape index (κ2) is 14.1. The van der Waals surface area contributed by atoms with Gasteiger partial charge >= 0.3 is 0 Å². The summed E-state index contributed by atoms with van der Waals surface area (Å²) in [7, 11) is -3.67. The molecular weight excluding hydrogens is 530 g/mol. The third-order valence-corrected chi connectivity index (χ3v) is 7.11. The zero-order valence-electron chi connectivity index (χ0n) is 23.7. The number of hydrogen-bond acceptors (Lipinski definition) is 9. The molecule has 12 heteroatoms. The Balaban J connectivity index is 1.56. The minimum absolute atomic E-state index is 0.0132. The zero-order valence-corrected chi connectivity index (χ0v) is 24.5. The molecular formula is C28H39N7O4S. The highest BCUT2D eigenvalue weighted by Crippen LogP contribution is 2.24. The van der Waals surface area contributed by atoms with Gasteiger partial charge in [0.15, 0.2) is 0 Å². The first-order chi connectivity index (χ1) is 18.9. The summed E-state index contributed by atoms with van der Waals surface area (Å²) in [6.07, 6.45) is 2.46. The van der Waals surface area contributed by atoms with Crippen molar-refractivity contribution in [3.63, 3.8) is 0 Å². The molecule has 0 aliphatic rings. The van der Waals surface area contributed by atoms with Crippen LogP contribution in [0.4, 0.5) is 23.1 Å². The molecule has 1 amide bonds. The molecule has 1 heterocycles. The van der Waals surface area contributed by atoms with Gasteiger partial charge in [-0.3, -0.25) is 4.79 Å². The molecule has 3 aromatic rings. The molecule has 1 aromatic heterocycles. The lowest BCUT2D eigenvalue weighted by Gasteiger charge is -2.20. The monoisotopic (exact) mass is 569 g/mol. The molecule has 0 saturated heterocycles. The van der Waals surface area contributed by atoms with E-state index in [2.05, 4.69) is 36.0 Å². The Kier molecular flexibility index (Phi) is 10.8. The quantitative estimate of drug-likeness (QED) is 0.183. The highest BCUT2D eigenvalue weighted by Gasteiger charge is 2.22. The molecule has 5 N–H and O–H groups in total. The van der Waals surface area contributed by atoms with Crippen LogP contribution in [0.15, 0.2) is 59.6 Å². The summed E-state index contributed by atoms with van der Waals surface area (Å²) >= 11 is 0. The lowest BCUT2D eigenvalue weighted by atomic mass is 10.1. The Morgan fingerprint density at radius 3 is 2.48 bits per heavy atom. The van der Waals surface area contributed by atoms with Gasteiger partial charge in [0, 0.05) is 35.2 Å². The number of anilines is 4. The van der Waals surface area contributed by atoms with Gasteiger partial charge in [-0.25, -0.2) is 18.1 Å². The van der Waals surface area contributed by atoms with Crippen LogP contribution in [0, 0.1) is 6.92 Å². The fourth-order valence-corrected chi connectivity index (χ4v) is 5.04. The van der Waals surface area contributed by atoms with E-state index in [1.54, 1.807) is 51.2 Å². The van der Waals surface area contributed by atoms with Gasteiger partial charge in [0.1, 0.15) is 11.6 Å². The predicted molar refractivity (Wildman–Crippen MR) is 158 cm³/mol. The van der Waals surface area contributed by atoms with E-state index in [9.17, 15) is 13.2 Å². The van der Waals surface area contributed by atoms with Crippen molar-refractivity contribution in [2.45, 2.75) is 51.5 Å². The number of carbonyl (C=O) groups excluding carboxylic acids is 1. The summed E-state index contributed by atoms with van der Waals surface area (Å²) in [6.45, 7) is 11.3. The fraction of sp³-hybridized carbons (Fsp3) is 0.393. The third-order valence-electron chi connectivity index (χ3n) is 5.36. The Hall–Kier alpha value is -3.74. The molecule has 0 saturated carbocycles. The Morgan fingerprint density at radius 1 is 1.02 bits per heavy atom. The first-order valence-corrected chi connectivity index (χ1v) is 14.7. The SMILES string of the molecule is CCNC(=O)CNCCCOc1ccc(Nc2ncc(C)c(Nc3cccc(S(=O)(=O)NC(C)(C)C)c3)n2)cc1.